The van der Waals surface area contributed by atoms with Crippen molar-refractivity contribution in [1.29, 1.82) is 0 Å². The highest BCUT2D eigenvalue weighted by Crippen LogP contribution is 2.24. The van der Waals surface area contributed by atoms with Gasteiger partial charge in [0, 0.05) is 0 Å². The van der Waals surface area contributed by atoms with Gasteiger partial charge in [-0.25, -0.2) is 0 Å². The molecule has 0 spiro atoms. The van der Waals surface area contributed by atoms with Crippen molar-refractivity contribution in [2.24, 2.45) is 0 Å². The van der Waals surface area contributed by atoms with E-state index in [1.165, 1.54) is 0 Å². The molecule has 1 aliphatic rings. The lowest BCUT2D eigenvalue weighted by atomic mass is 9.94. The Labute approximate surface area is 50.2 Å². The van der Waals surface area contributed by atoms with Gasteiger partial charge < -0.3 is 10.1 Å². The van der Waals surface area contributed by atoms with Crippen molar-refractivity contribution in [2.45, 2.75) is 25.5 Å². The molecule has 0 radical (unpaired) electrons. The molecular formula is C6H13NO. The van der Waals surface area contributed by atoms with Crippen LogP contribution in [0.15, 0.2) is 0 Å². The summed E-state index contributed by atoms with van der Waals surface area (Å²) in [6.07, 6.45) is 0. The van der Waals surface area contributed by atoms with Gasteiger partial charge in [-0.1, -0.05) is 0 Å². The van der Waals surface area contributed by atoms with Gasteiger partial charge >= 0.3 is 0 Å². The Kier molecular flexibility index (Phi) is 1.29. The summed E-state index contributed by atoms with van der Waals surface area (Å²) in [4.78, 5) is 0. The van der Waals surface area contributed by atoms with Crippen LogP contribution in [0, 0.1) is 0 Å². The second-order valence-electron chi connectivity index (χ2n) is 2.76. The van der Waals surface area contributed by atoms with Crippen molar-refractivity contribution in [3.8, 4) is 0 Å². The van der Waals surface area contributed by atoms with E-state index in [2.05, 4.69) is 19.2 Å². The molecule has 1 N–H and O–H groups in total. The summed E-state index contributed by atoms with van der Waals surface area (Å²) >= 11 is 0. The lowest BCUT2D eigenvalue weighted by Gasteiger charge is -2.44. The molecule has 1 rings (SSSR count). The van der Waals surface area contributed by atoms with Gasteiger partial charge in [-0.15, -0.1) is 0 Å². The zero-order valence-corrected chi connectivity index (χ0v) is 5.69. The third-order valence-corrected chi connectivity index (χ3v) is 1.81. The van der Waals surface area contributed by atoms with E-state index in [-0.39, 0.29) is 5.60 Å². The van der Waals surface area contributed by atoms with E-state index in [0.717, 1.165) is 6.61 Å². The highest BCUT2D eigenvalue weighted by Gasteiger charge is 2.38. The average molecular weight is 115 g/mol. The largest absolute Gasteiger partial charge is 0.372 e. The predicted octanol–water partition coefficient (Wildman–Crippen LogP) is 0.383. The molecule has 0 amide bonds. The summed E-state index contributed by atoms with van der Waals surface area (Å²) in [7, 11) is 1.97. The number of ether oxygens (including phenoxy) is 1. The molecular weight excluding hydrogens is 102 g/mol. The van der Waals surface area contributed by atoms with Crippen LogP contribution in [0.5, 0.6) is 0 Å². The van der Waals surface area contributed by atoms with E-state index < -0.39 is 0 Å². The van der Waals surface area contributed by atoms with Gasteiger partial charge in [0.25, 0.3) is 0 Å². The first-order chi connectivity index (χ1) is 3.67. The Morgan fingerprint density at radius 1 is 1.62 bits per heavy atom. The molecule has 2 heteroatoms. The molecule has 1 aliphatic heterocycles. The van der Waals surface area contributed by atoms with Crippen molar-refractivity contribution < 1.29 is 4.74 Å². The first-order valence-electron chi connectivity index (χ1n) is 2.98. The van der Waals surface area contributed by atoms with Gasteiger partial charge in [-0.3, -0.25) is 0 Å². The van der Waals surface area contributed by atoms with E-state index in [1.807, 2.05) is 7.05 Å². The first kappa shape index (κ1) is 6.05. The Morgan fingerprint density at radius 3 is 2.25 bits per heavy atom. The van der Waals surface area contributed by atoms with Gasteiger partial charge in [0.2, 0.25) is 0 Å². The summed E-state index contributed by atoms with van der Waals surface area (Å²) in [5.41, 5.74) is 0.0781. The van der Waals surface area contributed by atoms with Crippen molar-refractivity contribution in [3.63, 3.8) is 0 Å². The number of nitrogens with one attached hydrogen (secondary N) is 1. The van der Waals surface area contributed by atoms with Gasteiger partial charge in [0.1, 0.15) is 0 Å². The smallest absolute Gasteiger partial charge is 0.0802 e. The van der Waals surface area contributed by atoms with Crippen molar-refractivity contribution >= 4 is 0 Å². The quantitative estimate of drug-likeness (QED) is 0.533. The van der Waals surface area contributed by atoms with E-state index in [9.17, 15) is 0 Å². The lowest BCUT2D eigenvalue weighted by molar-refractivity contribution is -0.151. The van der Waals surface area contributed by atoms with E-state index in [4.69, 9.17) is 4.74 Å². The fraction of sp³-hybridized carbons (Fsp3) is 1.00. The maximum Gasteiger partial charge on any atom is 0.0802 e. The molecule has 0 aromatic rings. The Balaban J connectivity index is 2.37. The number of hydrogen-bond donors (Lipinski definition) is 1. The molecule has 8 heavy (non-hydrogen) atoms. The lowest BCUT2D eigenvalue weighted by Crippen LogP contribution is -2.59. The van der Waals surface area contributed by atoms with E-state index in [1.54, 1.807) is 0 Å². The molecule has 1 fully saturated rings. The summed E-state index contributed by atoms with van der Waals surface area (Å²) in [5, 5.41) is 3.17. The number of likely N-dealkylation sites (N-methyl/N-ethyl adjacent to an activating group) is 1. The minimum absolute atomic E-state index is 0.0781. The van der Waals surface area contributed by atoms with Gasteiger partial charge in [0.15, 0.2) is 0 Å². The second kappa shape index (κ2) is 1.71. The summed E-state index contributed by atoms with van der Waals surface area (Å²) in [5.74, 6) is 0. The van der Waals surface area contributed by atoms with Crippen molar-refractivity contribution in [3.05, 3.63) is 0 Å². The van der Waals surface area contributed by atoms with Crippen LogP contribution in [0.25, 0.3) is 0 Å². The third kappa shape index (κ3) is 0.740. The van der Waals surface area contributed by atoms with Crippen LogP contribution < -0.4 is 5.32 Å². The maximum atomic E-state index is 5.26. The predicted molar refractivity (Wildman–Crippen MR) is 32.9 cm³/mol. The molecule has 0 bridgehead atoms. The minimum atomic E-state index is 0.0781. The molecule has 1 heterocycles. The molecule has 0 aliphatic carbocycles. The monoisotopic (exact) mass is 115 g/mol. The molecule has 1 saturated heterocycles. The molecule has 48 valence electrons. The standard InChI is InChI=1S/C6H13NO/c1-6(2)5(7-3)4-8-6/h5,7H,4H2,1-3H3. The first-order valence-corrected chi connectivity index (χ1v) is 2.98. The molecule has 2 nitrogen and oxygen atoms in total. The van der Waals surface area contributed by atoms with E-state index >= 15 is 0 Å². The zero-order chi connectivity index (χ0) is 6.20. The summed E-state index contributed by atoms with van der Waals surface area (Å²) in [6.45, 7) is 5.05. The van der Waals surface area contributed by atoms with Gasteiger partial charge in [-0.2, -0.15) is 0 Å². The zero-order valence-electron chi connectivity index (χ0n) is 5.69. The van der Waals surface area contributed by atoms with Crippen LogP contribution in [0.4, 0.5) is 0 Å². The van der Waals surface area contributed by atoms with Gasteiger partial charge in [-0.05, 0) is 20.9 Å². The summed E-state index contributed by atoms with van der Waals surface area (Å²) < 4.78 is 5.26. The molecule has 0 aromatic carbocycles. The molecule has 1 unspecified atom stereocenters. The Bertz CT molecular complexity index is 88.5. The van der Waals surface area contributed by atoms with E-state index in [0.29, 0.717) is 6.04 Å². The van der Waals surface area contributed by atoms with Crippen LogP contribution >= 0.6 is 0 Å². The van der Waals surface area contributed by atoms with Crippen LogP contribution in [0.1, 0.15) is 13.8 Å². The van der Waals surface area contributed by atoms with Gasteiger partial charge in [0.05, 0.1) is 18.2 Å². The second-order valence-corrected chi connectivity index (χ2v) is 2.76. The van der Waals surface area contributed by atoms with Crippen LogP contribution in [-0.4, -0.2) is 25.3 Å². The average Bonchev–Trinajstić information content (AvgIpc) is 1.66. The Morgan fingerprint density at radius 2 is 2.25 bits per heavy atom. The van der Waals surface area contributed by atoms with Crippen LogP contribution in [-0.2, 0) is 4.74 Å². The topological polar surface area (TPSA) is 21.3 Å². The van der Waals surface area contributed by atoms with Crippen molar-refractivity contribution in [2.75, 3.05) is 13.7 Å². The highest BCUT2D eigenvalue weighted by atomic mass is 16.5. The molecule has 0 aromatic heterocycles. The number of rotatable bonds is 1. The minimum Gasteiger partial charge on any atom is -0.372 e. The molecule has 0 saturated carbocycles. The normalized spacial score (nSPS) is 34.1. The Hall–Kier alpha value is -0.0800. The SMILES string of the molecule is CNC1COC1(C)C. The highest BCUT2D eigenvalue weighted by molar-refractivity contribution is 4.92. The van der Waals surface area contributed by atoms with Crippen LogP contribution in [0.3, 0.4) is 0 Å². The third-order valence-electron chi connectivity index (χ3n) is 1.81. The fourth-order valence-electron chi connectivity index (χ4n) is 0.931. The van der Waals surface area contributed by atoms with Crippen LogP contribution in [0.2, 0.25) is 0 Å². The maximum absolute atomic E-state index is 5.26. The fourth-order valence-corrected chi connectivity index (χ4v) is 0.931. The number of hydrogen-bond acceptors (Lipinski definition) is 2. The summed E-state index contributed by atoms with van der Waals surface area (Å²) in [6, 6.07) is 0.558. The van der Waals surface area contributed by atoms with Crippen molar-refractivity contribution in [1.82, 2.24) is 5.32 Å². The molecule has 1 atom stereocenters.